The minimum absolute atomic E-state index is 0. The number of carbonyl (C=O) groups is 1. The van der Waals surface area contributed by atoms with Gasteiger partial charge in [-0.3, -0.25) is 9.79 Å². The van der Waals surface area contributed by atoms with E-state index in [0.29, 0.717) is 25.4 Å². The second kappa shape index (κ2) is 11.8. The molecular weight excluding hydrogens is 495 g/mol. The van der Waals surface area contributed by atoms with E-state index in [4.69, 9.17) is 14.1 Å². The van der Waals surface area contributed by atoms with Crippen LogP contribution in [0.1, 0.15) is 28.6 Å². The van der Waals surface area contributed by atoms with Gasteiger partial charge in [-0.2, -0.15) is 0 Å². The minimum Gasteiger partial charge on any atom is -0.496 e. The van der Waals surface area contributed by atoms with E-state index in [2.05, 4.69) is 35.3 Å². The van der Waals surface area contributed by atoms with Crippen molar-refractivity contribution in [2.45, 2.75) is 20.3 Å². The molecule has 0 saturated carbocycles. The number of hydrogen-bond acceptors (Lipinski definition) is 4. The van der Waals surface area contributed by atoms with E-state index in [-0.39, 0.29) is 29.9 Å². The molecule has 2 heterocycles. The number of rotatable bonds is 6. The molecule has 7 nitrogen and oxygen atoms in total. The topological polar surface area (TPSA) is 70.3 Å². The molecule has 0 spiro atoms. The summed E-state index contributed by atoms with van der Waals surface area (Å²) in [6.07, 6.45) is 2.38. The molecule has 0 radical (unpaired) electrons. The van der Waals surface area contributed by atoms with Crippen molar-refractivity contribution in [1.82, 2.24) is 15.1 Å². The number of furan rings is 1. The molecule has 0 atom stereocenters. The fourth-order valence-electron chi connectivity index (χ4n) is 3.41. The first-order valence-corrected chi connectivity index (χ1v) is 10.1. The van der Waals surface area contributed by atoms with E-state index < -0.39 is 0 Å². The van der Waals surface area contributed by atoms with Gasteiger partial charge in [0, 0.05) is 39.3 Å². The molecule has 0 unspecified atom stereocenters. The van der Waals surface area contributed by atoms with Gasteiger partial charge in [-0.15, -0.1) is 24.0 Å². The van der Waals surface area contributed by atoms with Crippen LogP contribution in [0, 0.1) is 6.92 Å². The van der Waals surface area contributed by atoms with Crippen LogP contribution in [0.15, 0.2) is 46.0 Å². The maximum Gasteiger partial charge on any atom is 0.289 e. The zero-order valence-electron chi connectivity index (χ0n) is 17.9. The van der Waals surface area contributed by atoms with Crippen molar-refractivity contribution >= 4 is 35.8 Å². The highest BCUT2D eigenvalue weighted by Crippen LogP contribution is 2.19. The van der Waals surface area contributed by atoms with Crippen molar-refractivity contribution in [2.24, 2.45) is 4.99 Å². The zero-order valence-corrected chi connectivity index (χ0v) is 20.2. The molecule has 1 aliphatic heterocycles. The first kappa shape index (κ1) is 24.0. The van der Waals surface area contributed by atoms with Crippen molar-refractivity contribution < 1.29 is 13.9 Å². The smallest absolute Gasteiger partial charge is 0.289 e. The van der Waals surface area contributed by atoms with Crippen LogP contribution in [0.4, 0.5) is 0 Å². The van der Waals surface area contributed by atoms with E-state index in [1.54, 1.807) is 19.2 Å². The number of aryl methyl sites for hydroxylation is 1. The van der Waals surface area contributed by atoms with Crippen LogP contribution in [0.2, 0.25) is 0 Å². The third-order valence-corrected chi connectivity index (χ3v) is 5.07. The third kappa shape index (κ3) is 6.13. The number of aliphatic imine (C=N–C) groups is 1. The molecule has 1 amide bonds. The van der Waals surface area contributed by atoms with E-state index >= 15 is 0 Å². The van der Waals surface area contributed by atoms with E-state index in [1.807, 2.05) is 11.8 Å². The molecule has 0 aliphatic carbocycles. The molecule has 1 fully saturated rings. The first-order valence-electron chi connectivity index (χ1n) is 10.1. The summed E-state index contributed by atoms with van der Waals surface area (Å²) in [4.78, 5) is 21.3. The lowest BCUT2D eigenvalue weighted by atomic mass is 10.1. The van der Waals surface area contributed by atoms with Gasteiger partial charge in [0.05, 0.1) is 13.4 Å². The Morgan fingerprint density at radius 2 is 1.93 bits per heavy atom. The van der Waals surface area contributed by atoms with Gasteiger partial charge in [0.15, 0.2) is 11.7 Å². The lowest BCUT2D eigenvalue weighted by Crippen LogP contribution is -2.53. The Morgan fingerprint density at radius 1 is 1.20 bits per heavy atom. The number of methoxy groups -OCH3 is 1. The van der Waals surface area contributed by atoms with Crippen LogP contribution in [0.3, 0.4) is 0 Å². The normalized spacial score (nSPS) is 14.3. The zero-order chi connectivity index (χ0) is 20.6. The molecule has 1 saturated heterocycles. The number of halogens is 1. The van der Waals surface area contributed by atoms with Crippen molar-refractivity contribution in [3.63, 3.8) is 0 Å². The minimum atomic E-state index is -0.0510. The lowest BCUT2D eigenvalue weighted by Gasteiger charge is -2.36. The summed E-state index contributed by atoms with van der Waals surface area (Å²) in [6.45, 7) is 8.41. The highest BCUT2D eigenvalue weighted by atomic mass is 127. The number of nitrogens with one attached hydrogen (secondary N) is 1. The SMILES string of the molecule is CCNC(=NCCc1ccc(C)c(OC)c1)N1CCN(C(=O)c2ccco2)CC1.I. The van der Waals surface area contributed by atoms with Gasteiger partial charge < -0.3 is 24.3 Å². The summed E-state index contributed by atoms with van der Waals surface area (Å²) < 4.78 is 10.6. The summed E-state index contributed by atoms with van der Waals surface area (Å²) >= 11 is 0. The number of hydrogen-bond donors (Lipinski definition) is 1. The number of carbonyl (C=O) groups excluding carboxylic acids is 1. The van der Waals surface area contributed by atoms with Crippen LogP contribution in [-0.4, -0.2) is 68.0 Å². The average molecular weight is 526 g/mol. The van der Waals surface area contributed by atoms with Crippen LogP contribution in [0.5, 0.6) is 5.75 Å². The molecule has 164 valence electrons. The van der Waals surface area contributed by atoms with Crippen LogP contribution in [0.25, 0.3) is 0 Å². The van der Waals surface area contributed by atoms with Gasteiger partial charge in [-0.05, 0) is 49.6 Å². The Morgan fingerprint density at radius 3 is 2.57 bits per heavy atom. The summed E-state index contributed by atoms with van der Waals surface area (Å²) in [5, 5.41) is 3.37. The van der Waals surface area contributed by atoms with Crippen molar-refractivity contribution in [2.75, 3.05) is 46.4 Å². The Kier molecular flexibility index (Phi) is 9.48. The molecular formula is C22H31IN4O3. The largest absolute Gasteiger partial charge is 0.496 e. The molecule has 0 bridgehead atoms. The van der Waals surface area contributed by atoms with E-state index in [9.17, 15) is 4.79 Å². The summed E-state index contributed by atoms with van der Waals surface area (Å²) in [7, 11) is 1.70. The number of piperazine rings is 1. The summed E-state index contributed by atoms with van der Waals surface area (Å²) in [5.74, 6) is 2.16. The highest BCUT2D eigenvalue weighted by molar-refractivity contribution is 14.0. The number of guanidine groups is 1. The molecule has 1 aromatic carbocycles. The highest BCUT2D eigenvalue weighted by Gasteiger charge is 2.25. The number of nitrogens with zero attached hydrogens (tertiary/aromatic N) is 3. The van der Waals surface area contributed by atoms with E-state index in [1.165, 1.54) is 11.8 Å². The average Bonchev–Trinajstić information content (AvgIpc) is 3.29. The molecule has 3 rings (SSSR count). The molecule has 8 heteroatoms. The van der Waals surface area contributed by atoms with Gasteiger partial charge in [0.1, 0.15) is 5.75 Å². The lowest BCUT2D eigenvalue weighted by molar-refractivity contribution is 0.0657. The summed E-state index contributed by atoms with van der Waals surface area (Å²) in [6, 6.07) is 9.73. The Balaban J connectivity index is 0.00000320. The third-order valence-electron chi connectivity index (χ3n) is 5.07. The summed E-state index contributed by atoms with van der Waals surface area (Å²) in [5.41, 5.74) is 2.34. The predicted molar refractivity (Wildman–Crippen MR) is 129 cm³/mol. The van der Waals surface area contributed by atoms with Gasteiger partial charge in [-0.25, -0.2) is 0 Å². The van der Waals surface area contributed by atoms with E-state index in [0.717, 1.165) is 43.3 Å². The number of amides is 1. The van der Waals surface area contributed by atoms with Crippen molar-refractivity contribution in [3.8, 4) is 5.75 Å². The van der Waals surface area contributed by atoms with Crippen LogP contribution >= 0.6 is 24.0 Å². The molecule has 1 aliphatic rings. The quantitative estimate of drug-likeness (QED) is 0.356. The Hall–Kier alpha value is -2.23. The van der Waals surface area contributed by atoms with Crippen LogP contribution in [-0.2, 0) is 6.42 Å². The van der Waals surface area contributed by atoms with Gasteiger partial charge >= 0.3 is 0 Å². The second-order valence-electron chi connectivity index (χ2n) is 7.05. The standard InChI is InChI=1S/C22H30N4O3.HI/c1-4-23-22(24-10-9-18-8-7-17(2)20(16-18)28-3)26-13-11-25(12-14-26)21(27)19-6-5-15-29-19;/h5-8,15-16H,4,9-14H2,1-3H3,(H,23,24);1H. The number of ether oxygens (including phenoxy) is 1. The maximum absolute atomic E-state index is 12.4. The fraction of sp³-hybridized carbons (Fsp3) is 0.455. The number of benzene rings is 1. The molecule has 2 aromatic rings. The molecule has 30 heavy (non-hydrogen) atoms. The Bertz CT molecular complexity index is 831. The predicted octanol–water partition coefficient (Wildman–Crippen LogP) is 3.18. The van der Waals surface area contributed by atoms with Gasteiger partial charge in [-0.1, -0.05) is 12.1 Å². The second-order valence-corrected chi connectivity index (χ2v) is 7.05. The van der Waals surface area contributed by atoms with Gasteiger partial charge in [0.2, 0.25) is 0 Å². The maximum atomic E-state index is 12.4. The van der Waals surface area contributed by atoms with Crippen molar-refractivity contribution in [3.05, 3.63) is 53.5 Å². The molecule has 1 N–H and O–H groups in total. The molecule has 1 aromatic heterocycles. The Labute approximate surface area is 195 Å². The van der Waals surface area contributed by atoms with Crippen LogP contribution < -0.4 is 10.1 Å². The van der Waals surface area contributed by atoms with Gasteiger partial charge in [0.25, 0.3) is 5.91 Å². The monoisotopic (exact) mass is 526 g/mol. The fourth-order valence-corrected chi connectivity index (χ4v) is 3.41. The van der Waals surface area contributed by atoms with Crippen molar-refractivity contribution in [1.29, 1.82) is 0 Å². The first-order chi connectivity index (χ1) is 14.1.